The van der Waals surface area contributed by atoms with Crippen molar-refractivity contribution in [2.75, 3.05) is 12.3 Å². The number of aromatic nitrogens is 4. The van der Waals surface area contributed by atoms with E-state index in [4.69, 9.17) is 0 Å². The Bertz CT molecular complexity index is 904. The summed E-state index contributed by atoms with van der Waals surface area (Å²) in [6, 6.07) is 1.62. The Morgan fingerprint density at radius 2 is 2.09 bits per heavy atom. The zero-order valence-electron chi connectivity index (χ0n) is 12.2. The molecule has 4 heterocycles. The second-order valence-electron chi connectivity index (χ2n) is 5.98. The van der Waals surface area contributed by atoms with Gasteiger partial charge in [-0.05, 0) is 26.3 Å². The Kier molecular flexibility index (Phi) is 2.63. The molecule has 2 aliphatic heterocycles. The molecule has 1 amide bonds. The SMILES string of the molecule is Cc1cc(C)n2nc(C(=O)N3CC4CC3CS4(=O)=O)nc2n1. The van der Waals surface area contributed by atoms with Gasteiger partial charge >= 0.3 is 0 Å². The molecule has 0 aliphatic carbocycles. The number of sulfone groups is 1. The van der Waals surface area contributed by atoms with Crippen LogP contribution in [-0.2, 0) is 9.84 Å². The van der Waals surface area contributed by atoms with E-state index in [0.717, 1.165) is 11.4 Å². The average molecular weight is 321 g/mol. The summed E-state index contributed by atoms with van der Waals surface area (Å²) in [6.45, 7) is 3.97. The molecule has 2 atom stereocenters. The topological polar surface area (TPSA) is 97.5 Å². The summed E-state index contributed by atoms with van der Waals surface area (Å²) in [4.78, 5) is 22.6. The Hall–Kier alpha value is -2.03. The van der Waals surface area contributed by atoms with E-state index in [1.54, 1.807) is 4.90 Å². The lowest BCUT2D eigenvalue weighted by Gasteiger charge is -2.25. The second kappa shape index (κ2) is 4.25. The zero-order valence-corrected chi connectivity index (χ0v) is 13.0. The van der Waals surface area contributed by atoms with Crippen LogP contribution in [0.25, 0.3) is 5.78 Å². The lowest BCUT2D eigenvalue weighted by atomic mass is 10.2. The first-order valence-electron chi connectivity index (χ1n) is 7.09. The molecule has 0 radical (unpaired) electrons. The number of fused-ring (bicyclic) bond motifs is 3. The van der Waals surface area contributed by atoms with Crippen molar-refractivity contribution in [2.45, 2.75) is 31.6 Å². The molecule has 2 fully saturated rings. The van der Waals surface area contributed by atoms with E-state index >= 15 is 0 Å². The normalized spacial score (nSPS) is 26.0. The van der Waals surface area contributed by atoms with Gasteiger partial charge in [-0.2, -0.15) is 4.98 Å². The number of hydrogen-bond acceptors (Lipinski definition) is 6. The number of likely N-dealkylation sites (tertiary alicyclic amines) is 1. The summed E-state index contributed by atoms with van der Waals surface area (Å²) in [5.74, 6) is 0.196. The molecular weight excluding hydrogens is 306 g/mol. The van der Waals surface area contributed by atoms with Crippen LogP contribution >= 0.6 is 0 Å². The standard InChI is InChI=1S/C13H15N5O3S/c1-7-3-8(2)18-13(14-7)15-11(16-18)12(19)17-5-10-4-9(17)6-22(10,20)21/h3,9-10H,4-6H2,1-2H3. The molecule has 0 N–H and O–H groups in total. The van der Waals surface area contributed by atoms with Gasteiger partial charge in [-0.1, -0.05) is 0 Å². The molecule has 0 spiro atoms. The molecule has 22 heavy (non-hydrogen) atoms. The van der Waals surface area contributed by atoms with Crippen LogP contribution in [0.15, 0.2) is 6.07 Å². The number of carbonyl (C=O) groups is 1. The maximum absolute atomic E-state index is 12.6. The molecule has 8 nitrogen and oxygen atoms in total. The largest absolute Gasteiger partial charge is 0.331 e. The van der Waals surface area contributed by atoms with E-state index in [2.05, 4.69) is 15.1 Å². The molecule has 0 aromatic carbocycles. The Morgan fingerprint density at radius 3 is 2.73 bits per heavy atom. The molecule has 4 rings (SSSR count). The van der Waals surface area contributed by atoms with Crippen molar-refractivity contribution < 1.29 is 13.2 Å². The summed E-state index contributed by atoms with van der Waals surface area (Å²) in [6.07, 6.45) is 0.526. The van der Waals surface area contributed by atoms with Crippen LogP contribution in [0, 0.1) is 13.8 Å². The van der Waals surface area contributed by atoms with Crippen molar-refractivity contribution in [3.05, 3.63) is 23.3 Å². The van der Waals surface area contributed by atoms with E-state index in [1.165, 1.54) is 4.52 Å². The summed E-state index contributed by atoms with van der Waals surface area (Å²) < 4.78 is 25.1. The minimum atomic E-state index is -3.03. The third-order valence-corrected chi connectivity index (χ3v) is 6.59. The second-order valence-corrected chi connectivity index (χ2v) is 8.31. The minimum Gasteiger partial charge on any atom is -0.331 e. The van der Waals surface area contributed by atoms with Crippen molar-refractivity contribution >= 4 is 21.5 Å². The van der Waals surface area contributed by atoms with E-state index in [0.29, 0.717) is 12.2 Å². The van der Waals surface area contributed by atoms with Crippen LogP contribution in [0.4, 0.5) is 0 Å². The van der Waals surface area contributed by atoms with Crippen molar-refractivity contribution in [2.24, 2.45) is 0 Å². The highest BCUT2D eigenvalue weighted by atomic mass is 32.2. The molecular formula is C13H15N5O3S. The molecule has 2 aliphatic rings. The van der Waals surface area contributed by atoms with Gasteiger partial charge in [0.05, 0.1) is 11.0 Å². The van der Waals surface area contributed by atoms with Crippen LogP contribution in [-0.4, -0.2) is 62.4 Å². The quantitative estimate of drug-likeness (QED) is 0.718. The monoisotopic (exact) mass is 321 g/mol. The maximum Gasteiger partial charge on any atom is 0.293 e. The van der Waals surface area contributed by atoms with Gasteiger partial charge in [0, 0.05) is 24.0 Å². The number of aryl methyl sites for hydroxylation is 2. The van der Waals surface area contributed by atoms with E-state index in [-0.39, 0.29) is 30.1 Å². The highest BCUT2D eigenvalue weighted by Crippen LogP contribution is 2.33. The van der Waals surface area contributed by atoms with Gasteiger partial charge < -0.3 is 4.90 Å². The van der Waals surface area contributed by atoms with E-state index in [9.17, 15) is 13.2 Å². The fourth-order valence-corrected chi connectivity index (χ4v) is 5.36. The molecule has 9 heteroatoms. The number of nitrogens with zero attached hydrogens (tertiary/aromatic N) is 5. The lowest BCUT2D eigenvalue weighted by molar-refractivity contribution is 0.0733. The molecule has 2 bridgehead atoms. The smallest absolute Gasteiger partial charge is 0.293 e. The van der Waals surface area contributed by atoms with Gasteiger partial charge in [0.15, 0.2) is 9.84 Å². The molecule has 0 saturated carbocycles. The molecule has 2 unspecified atom stereocenters. The number of hydrogen-bond donors (Lipinski definition) is 0. The fourth-order valence-electron chi connectivity index (χ4n) is 3.33. The predicted molar refractivity (Wildman–Crippen MR) is 77.3 cm³/mol. The van der Waals surface area contributed by atoms with E-state index in [1.807, 2.05) is 19.9 Å². The number of carbonyl (C=O) groups excluding carboxylic acids is 1. The summed E-state index contributed by atoms with van der Waals surface area (Å²) in [5.41, 5.74) is 1.65. The van der Waals surface area contributed by atoms with Crippen molar-refractivity contribution in [3.8, 4) is 0 Å². The van der Waals surface area contributed by atoms with E-state index < -0.39 is 15.1 Å². The molecule has 2 aromatic rings. The first-order chi connectivity index (χ1) is 10.3. The van der Waals surface area contributed by atoms with Crippen LogP contribution in [0.5, 0.6) is 0 Å². The maximum atomic E-state index is 12.6. The third-order valence-electron chi connectivity index (χ3n) is 4.38. The van der Waals surface area contributed by atoms with Crippen molar-refractivity contribution in [3.63, 3.8) is 0 Å². The third kappa shape index (κ3) is 1.84. The number of rotatable bonds is 1. The van der Waals surface area contributed by atoms with Gasteiger partial charge in [-0.3, -0.25) is 4.79 Å². The van der Waals surface area contributed by atoms with Crippen molar-refractivity contribution in [1.29, 1.82) is 0 Å². The summed E-state index contributed by atoms with van der Waals surface area (Å²) >= 11 is 0. The molecule has 2 saturated heterocycles. The van der Waals surface area contributed by atoms with Gasteiger partial charge in [0.25, 0.3) is 11.7 Å². The van der Waals surface area contributed by atoms with Crippen molar-refractivity contribution in [1.82, 2.24) is 24.5 Å². The zero-order chi connectivity index (χ0) is 15.6. The van der Waals surface area contributed by atoms with Gasteiger partial charge in [0.2, 0.25) is 5.82 Å². The Morgan fingerprint density at radius 1 is 1.32 bits per heavy atom. The van der Waals surface area contributed by atoms with Crippen LogP contribution in [0.2, 0.25) is 0 Å². The molecule has 116 valence electrons. The Balaban J connectivity index is 1.69. The Labute approximate surface area is 127 Å². The fraction of sp³-hybridized carbons (Fsp3) is 0.538. The van der Waals surface area contributed by atoms with Crippen LogP contribution in [0.1, 0.15) is 28.4 Å². The van der Waals surface area contributed by atoms with Gasteiger partial charge in [-0.15, -0.1) is 5.10 Å². The lowest BCUT2D eigenvalue weighted by Crippen LogP contribution is -2.44. The summed E-state index contributed by atoms with van der Waals surface area (Å²) in [5, 5.41) is 3.79. The van der Waals surface area contributed by atoms with Crippen LogP contribution < -0.4 is 0 Å². The van der Waals surface area contributed by atoms with Gasteiger partial charge in [0.1, 0.15) is 0 Å². The minimum absolute atomic E-state index is 0.0488. The van der Waals surface area contributed by atoms with Gasteiger partial charge in [-0.25, -0.2) is 17.9 Å². The average Bonchev–Trinajstić information content (AvgIpc) is 3.08. The highest BCUT2D eigenvalue weighted by molar-refractivity contribution is 7.92. The highest BCUT2D eigenvalue weighted by Gasteiger charge is 2.50. The summed E-state index contributed by atoms with van der Waals surface area (Å²) in [7, 11) is -3.03. The van der Waals surface area contributed by atoms with Crippen LogP contribution in [0.3, 0.4) is 0 Å². The predicted octanol–water partition coefficient (Wildman–Crippen LogP) is -0.247. The first kappa shape index (κ1) is 13.6. The molecule has 2 aromatic heterocycles. The number of amides is 1. The first-order valence-corrected chi connectivity index (χ1v) is 8.80.